The number of methoxy groups -OCH3 is 1. The molecular weight excluding hydrogens is 342 g/mol. The molecule has 0 aromatic carbocycles. The van der Waals surface area contributed by atoms with Crippen molar-refractivity contribution in [2.24, 2.45) is 5.73 Å². The molecule has 3 heterocycles. The normalized spacial score (nSPS) is 12.1. The average molecular weight is 361 g/mol. The predicted octanol–water partition coefficient (Wildman–Crippen LogP) is 3.45. The molecule has 0 saturated carbocycles. The zero-order valence-electron chi connectivity index (χ0n) is 13.6. The summed E-state index contributed by atoms with van der Waals surface area (Å²) in [5.74, 6) is 7.07. The number of nitrogens with zero attached hydrogens (tertiary/aromatic N) is 1. The Labute approximate surface area is 149 Å². The molecule has 0 radical (unpaired) electrons. The molecule has 1 atom stereocenters. The molecule has 0 saturated heterocycles. The van der Waals surface area contributed by atoms with Crippen molar-refractivity contribution in [2.45, 2.75) is 25.9 Å². The van der Waals surface area contributed by atoms with E-state index in [0.717, 1.165) is 33.0 Å². The average Bonchev–Trinajstić information content (AvgIpc) is 3.25. The number of hydrogen-bond donors (Lipinski definition) is 2. The number of thiophene rings is 1. The van der Waals surface area contributed by atoms with Crippen molar-refractivity contribution < 1.29 is 9.15 Å². The lowest BCUT2D eigenvalue weighted by atomic mass is 10.1. The van der Waals surface area contributed by atoms with Crippen LogP contribution < -0.4 is 11.1 Å². The topological polar surface area (TPSA) is 73.3 Å². The lowest BCUT2D eigenvalue weighted by Gasteiger charge is -2.08. The van der Waals surface area contributed by atoms with Gasteiger partial charge in [0.25, 0.3) is 0 Å². The lowest BCUT2D eigenvalue weighted by molar-refractivity contribution is 0.180. The molecule has 126 valence electrons. The van der Waals surface area contributed by atoms with Crippen molar-refractivity contribution in [1.29, 1.82) is 0 Å². The molecule has 0 aliphatic rings. The summed E-state index contributed by atoms with van der Waals surface area (Å²) in [6, 6.07) is 3.79. The quantitative estimate of drug-likeness (QED) is 0.631. The van der Waals surface area contributed by atoms with Gasteiger partial charge in [-0.3, -0.25) is 0 Å². The van der Waals surface area contributed by atoms with Crippen molar-refractivity contribution in [1.82, 2.24) is 4.37 Å². The van der Waals surface area contributed by atoms with Crippen LogP contribution in [0.4, 0.5) is 5.00 Å². The molecule has 0 aliphatic heterocycles. The lowest BCUT2D eigenvalue weighted by Crippen LogP contribution is -2.27. The first-order valence-corrected chi connectivity index (χ1v) is 9.16. The van der Waals surface area contributed by atoms with Crippen molar-refractivity contribution in [3.05, 3.63) is 34.6 Å². The van der Waals surface area contributed by atoms with Gasteiger partial charge in [0, 0.05) is 24.4 Å². The van der Waals surface area contributed by atoms with Gasteiger partial charge < -0.3 is 20.2 Å². The number of ether oxygens (including phenoxy) is 1. The third kappa shape index (κ3) is 3.62. The highest BCUT2D eigenvalue weighted by atomic mass is 32.1. The van der Waals surface area contributed by atoms with E-state index < -0.39 is 0 Å². The molecule has 0 bridgehead atoms. The molecule has 0 aliphatic carbocycles. The van der Waals surface area contributed by atoms with Crippen LogP contribution in [0, 0.1) is 11.8 Å². The van der Waals surface area contributed by atoms with Crippen LogP contribution in [0.2, 0.25) is 0 Å². The second-order valence-corrected chi connectivity index (χ2v) is 7.20. The summed E-state index contributed by atoms with van der Waals surface area (Å²) in [7, 11) is 1.66. The number of nitrogens with two attached hydrogens (primary N) is 1. The Bertz CT molecular complexity index is 856. The van der Waals surface area contributed by atoms with Crippen molar-refractivity contribution in [3.63, 3.8) is 0 Å². The van der Waals surface area contributed by atoms with Crippen LogP contribution in [-0.4, -0.2) is 24.1 Å². The van der Waals surface area contributed by atoms with Gasteiger partial charge in [0.1, 0.15) is 16.3 Å². The minimum Gasteiger partial charge on any atom is -0.467 e. The number of rotatable bonds is 7. The molecule has 5 nitrogen and oxygen atoms in total. The second-order valence-electron chi connectivity index (χ2n) is 5.32. The first kappa shape index (κ1) is 17.0. The number of nitrogens with one attached hydrogen (secondary N) is 1. The highest BCUT2D eigenvalue weighted by molar-refractivity contribution is 7.24. The van der Waals surface area contributed by atoms with E-state index in [1.807, 2.05) is 19.1 Å². The monoisotopic (exact) mass is 361 g/mol. The fraction of sp³-hybridized carbons (Fsp3) is 0.353. The van der Waals surface area contributed by atoms with E-state index in [4.69, 9.17) is 14.9 Å². The van der Waals surface area contributed by atoms with Gasteiger partial charge in [0.05, 0.1) is 29.7 Å². The van der Waals surface area contributed by atoms with E-state index in [1.54, 1.807) is 24.7 Å². The SMILES string of the molecule is CC#Cc1c(C[C@@H](N)COC)sc2c(NCc3ccco3)snc12. The highest BCUT2D eigenvalue weighted by Crippen LogP contribution is 2.39. The van der Waals surface area contributed by atoms with Crippen LogP contribution in [-0.2, 0) is 17.7 Å². The number of fused-ring (bicyclic) bond motifs is 1. The Hall–Kier alpha value is -1.85. The number of anilines is 1. The third-order valence-corrected chi connectivity index (χ3v) is 5.62. The number of aromatic nitrogens is 1. The Morgan fingerprint density at radius 2 is 2.38 bits per heavy atom. The Kier molecular flexibility index (Phi) is 5.53. The second kappa shape index (κ2) is 7.81. The fourth-order valence-corrected chi connectivity index (χ4v) is 4.62. The molecule has 0 fully saturated rings. The Balaban J connectivity index is 1.88. The minimum atomic E-state index is -0.0432. The molecule has 24 heavy (non-hydrogen) atoms. The van der Waals surface area contributed by atoms with Gasteiger partial charge in [-0.1, -0.05) is 5.92 Å². The van der Waals surface area contributed by atoms with Crippen LogP contribution in [0.3, 0.4) is 0 Å². The van der Waals surface area contributed by atoms with Crippen LogP contribution in [0.15, 0.2) is 22.8 Å². The molecule has 0 unspecified atom stereocenters. The first-order chi connectivity index (χ1) is 11.7. The van der Waals surface area contributed by atoms with E-state index in [2.05, 4.69) is 21.5 Å². The first-order valence-electron chi connectivity index (χ1n) is 7.57. The molecule has 3 aromatic rings. The highest BCUT2D eigenvalue weighted by Gasteiger charge is 2.19. The third-order valence-electron chi connectivity index (χ3n) is 3.47. The molecule has 7 heteroatoms. The number of hydrogen-bond acceptors (Lipinski definition) is 7. The van der Waals surface area contributed by atoms with Crippen LogP contribution >= 0.6 is 22.9 Å². The smallest absolute Gasteiger partial charge is 0.127 e. The van der Waals surface area contributed by atoms with Crippen LogP contribution in [0.5, 0.6) is 0 Å². The van der Waals surface area contributed by atoms with Crippen LogP contribution in [0.25, 0.3) is 10.2 Å². The van der Waals surface area contributed by atoms with E-state index in [9.17, 15) is 0 Å². The molecular formula is C17H19N3O2S2. The maximum absolute atomic E-state index is 6.12. The molecule has 3 N–H and O–H groups in total. The zero-order valence-corrected chi connectivity index (χ0v) is 15.2. The summed E-state index contributed by atoms with van der Waals surface area (Å²) in [5.41, 5.74) is 8.07. The van der Waals surface area contributed by atoms with Gasteiger partial charge in [0.15, 0.2) is 0 Å². The summed E-state index contributed by atoms with van der Waals surface area (Å²) in [6.07, 6.45) is 2.41. The van der Waals surface area contributed by atoms with E-state index in [0.29, 0.717) is 13.2 Å². The fourth-order valence-electron chi connectivity index (χ4n) is 2.44. The minimum absolute atomic E-state index is 0.0432. The molecule has 0 amide bonds. The van der Waals surface area contributed by atoms with Gasteiger partial charge in [-0.25, -0.2) is 0 Å². The molecule has 3 rings (SSSR count). The van der Waals surface area contributed by atoms with Gasteiger partial charge in [-0.15, -0.1) is 17.3 Å². The summed E-state index contributed by atoms with van der Waals surface area (Å²) >= 11 is 3.16. The van der Waals surface area contributed by atoms with Crippen molar-refractivity contribution in [3.8, 4) is 11.8 Å². The largest absolute Gasteiger partial charge is 0.467 e. The predicted molar refractivity (Wildman–Crippen MR) is 99.6 cm³/mol. The summed E-state index contributed by atoms with van der Waals surface area (Å²) in [4.78, 5) is 1.17. The van der Waals surface area contributed by atoms with Crippen LogP contribution in [0.1, 0.15) is 23.1 Å². The van der Waals surface area contributed by atoms with Gasteiger partial charge >= 0.3 is 0 Å². The Morgan fingerprint density at radius 1 is 1.50 bits per heavy atom. The standard InChI is InChI=1S/C17H19N3O2S2/c1-3-5-13-14(8-11(18)10-21-2)23-16-15(13)20-24-17(16)19-9-12-6-4-7-22-12/h4,6-7,11,19H,8-10,18H2,1-2H3/t11-/m1/s1. The maximum atomic E-state index is 6.12. The van der Waals surface area contributed by atoms with E-state index >= 15 is 0 Å². The van der Waals surface area contributed by atoms with Crippen molar-refractivity contribution >= 4 is 38.1 Å². The Morgan fingerprint density at radius 3 is 3.08 bits per heavy atom. The summed E-state index contributed by atoms with van der Waals surface area (Å²) in [5, 5.41) is 4.44. The number of furan rings is 1. The van der Waals surface area contributed by atoms with E-state index in [1.165, 1.54) is 16.4 Å². The van der Waals surface area contributed by atoms with Gasteiger partial charge in [-0.2, -0.15) is 4.37 Å². The molecule has 0 spiro atoms. The van der Waals surface area contributed by atoms with Crippen molar-refractivity contribution in [2.75, 3.05) is 19.0 Å². The summed E-state index contributed by atoms with van der Waals surface area (Å²) < 4.78 is 16.2. The van der Waals surface area contributed by atoms with E-state index in [-0.39, 0.29) is 6.04 Å². The maximum Gasteiger partial charge on any atom is 0.127 e. The van der Waals surface area contributed by atoms with Gasteiger partial charge in [0.2, 0.25) is 0 Å². The van der Waals surface area contributed by atoms with Gasteiger partial charge in [-0.05, 0) is 30.6 Å². The zero-order chi connectivity index (χ0) is 16.9. The molecule has 3 aromatic heterocycles. The summed E-state index contributed by atoms with van der Waals surface area (Å²) in [6.45, 7) is 3.00.